The minimum atomic E-state index is 0.506. The van der Waals surface area contributed by atoms with Crippen LogP contribution in [0.25, 0.3) is 55.7 Å². The lowest BCUT2D eigenvalue weighted by Crippen LogP contribution is -2.16. The molecule has 38 heavy (non-hydrogen) atoms. The molecule has 2 atom stereocenters. The maximum atomic E-state index is 6.27. The van der Waals surface area contributed by atoms with Gasteiger partial charge in [-0.25, -0.2) is 0 Å². The van der Waals surface area contributed by atoms with E-state index in [2.05, 4.69) is 132 Å². The van der Waals surface area contributed by atoms with Crippen LogP contribution in [0.5, 0.6) is 0 Å². The Morgan fingerprint density at radius 3 is 2.24 bits per heavy atom. The van der Waals surface area contributed by atoms with E-state index >= 15 is 0 Å². The van der Waals surface area contributed by atoms with E-state index in [0.29, 0.717) is 11.8 Å². The standard InChI is InChI=1S/C36H27NO/c1-2-9-24(10-3-1)26-17-19-35-31(22-26)32-23-27(18-20-36(32)38-35)25-11-8-12-28(21-25)37-33-15-6-4-13-29(33)30-14-5-7-16-34(30)37/h1-9,11-21,23-24,26H,10,22H2. The second-order valence-corrected chi connectivity index (χ2v) is 10.5. The number of para-hydroxylation sites is 2. The number of fused-ring (bicyclic) bond motifs is 6. The molecule has 0 aliphatic heterocycles. The molecular weight excluding hydrogens is 462 g/mol. The van der Waals surface area contributed by atoms with Crippen LogP contribution in [0.15, 0.2) is 126 Å². The van der Waals surface area contributed by atoms with E-state index in [9.17, 15) is 0 Å². The predicted molar refractivity (Wildman–Crippen MR) is 159 cm³/mol. The van der Waals surface area contributed by atoms with Gasteiger partial charge in [-0.1, -0.05) is 85.0 Å². The molecule has 2 aromatic heterocycles. The first-order chi connectivity index (χ1) is 18.8. The molecular formula is C36H27NO. The first-order valence-corrected chi connectivity index (χ1v) is 13.5. The Balaban J connectivity index is 1.22. The Kier molecular flexibility index (Phi) is 4.81. The fraction of sp³-hybridized carbons (Fsp3) is 0.111. The van der Waals surface area contributed by atoms with Gasteiger partial charge in [0, 0.05) is 27.4 Å². The summed E-state index contributed by atoms with van der Waals surface area (Å²) in [5.41, 5.74) is 8.39. The minimum absolute atomic E-state index is 0.506. The fourth-order valence-electron chi connectivity index (χ4n) is 6.44. The number of rotatable bonds is 3. The molecule has 6 aromatic rings. The van der Waals surface area contributed by atoms with E-state index in [1.165, 1.54) is 49.6 Å². The van der Waals surface area contributed by atoms with Crippen molar-refractivity contribution in [3.05, 3.63) is 133 Å². The molecule has 2 heteroatoms. The molecule has 4 aromatic carbocycles. The molecule has 8 rings (SSSR count). The lowest BCUT2D eigenvalue weighted by molar-refractivity contribution is 0.465. The molecule has 0 radical (unpaired) electrons. The molecule has 2 nitrogen and oxygen atoms in total. The van der Waals surface area contributed by atoms with Crippen molar-refractivity contribution in [3.63, 3.8) is 0 Å². The number of aromatic nitrogens is 1. The molecule has 2 unspecified atom stereocenters. The largest absolute Gasteiger partial charge is 0.456 e. The van der Waals surface area contributed by atoms with Gasteiger partial charge in [-0.3, -0.25) is 0 Å². The van der Waals surface area contributed by atoms with Gasteiger partial charge < -0.3 is 8.98 Å². The zero-order chi connectivity index (χ0) is 25.1. The topological polar surface area (TPSA) is 18.1 Å². The summed E-state index contributed by atoms with van der Waals surface area (Å²) in [5.74, 6) is 2.08. The summed E-state index contributed by atoms with van der Waals surface area (Å²) < 4.78 is 8.66. The first-order valence-electron chi connectivity index (χ1n) is 13.5. The number of benzene rings is 4. The second-order valence-electron chi connectivity index (χ2n) is 10.5. The van der Waals surface area contributed by atoms with Gasteiger partial charge in [0.05, 0.1) is 11.0 Å². The molecule has 2 aliphatic carbocycles. The number of hydrogen-bond donors (Lipinski definition) is 0. The third-order valence-corrected chi connectivity index (χ3v) is 8.34. The van der Waals surface area contributed by atoms with Crippen LogP contribution < -0.4 is 0 Å². The van der Waals surface area contributed by atoms with Gasteiger partial charge in [0.25, 0.3) is 0 Å². The molecule has 2 heterocycles. The van der Waals surface area contributed by atoms with Gasteiger partial charge in [0.2, 0.25) is 0 Å². The molecule has 0 fully saturated rings. The highest BCUT2D eigenvalue weighted by molar-refractivity contribution is 6.09. The van der Waals surface area contributed by atoms with E-state index < -0.39 is 0 Å². The predicted octanol–water partition coefficient (Wildman–Crippen LogP) is 9.51. The highest BCUT2D eigenvalue weighted by Crippen LogP contribution is 2.39. The summed E-state index contributed by atoms with van der Waals surface area (Å²) in [7, 11) is 0. The average Bonchev–Trinajstić information content (AvgIpc) is 3.52. The lowest BCUT2D eigenvalue weighted by atomic mass is 9.80. The molecule has 0 N–H and O–H groups in total. The van der Waals surface area contributed by atoms with Crippen molar-refractivity contribution in [2.45, 2.75) is 12.8 Å². The van der Waals surface area contributed by atoms with Crippen molar-refractivity contribution < 1.29 is 4.42 Å². The van der Waals surface area contributed by atoms with Gasteiger partial charge >= 0.3 is 0 Å². The fourth-order valence-corrected chi connectivity index (χ4v) is 6.44. The van der Waals surface area contributed by atoms with Gasteiger partial charge in [0.15, 0.2) is 0 Å². The van der Waals surface area contributed by atoms with E-state index in [1.807, 2.05) is 0 Å². The highest BCUT2D eigenvalue weighted by Gasteiger charge is 2.25. The number of nitrogens with zero attached hydrogens (tertiary/aromatic N) is 1. The van der Waals surface area contributed by atoms with Gasteiger partial charge in [-0.15, -0.1) is 0 Å². The maximum absolute atomic E-state index is 6.27. The van der Waals surface area contributed by atoms with Crippen LogP contribution in [0.1, 0.15) is 17.7 Å². The van der Waals surface area contributed by atoms with Crippen LogP contribution in [0, 0.1) is 11.8 Å². The number of hydrogen-bond acceptors (Lipinski definition) is 1. The molecule has 2 aliphatic rings. The minimum Gasteiger partial charge on any atom is -0.456 e. The van der Waals surface area contributed by atoms with Gasteiger partial charge in [0.1, 0.15) is 11.3 Å². The van der Waals surface area contributed by atoms with Crippen molar-refractivity contribution in [1.82, 2.24) is 4.57 Å². The normalized spacial score (nSPS) is 18.5. The SMILES string of the molecule is C1=CCC(C2C=Cc3oc4ccc(-c5cccc(-n6c7ccccc7c7ccccc76)c5)cc4c3C2)C=C1. The van der Waals surface area contributed by atoms with Crippen LogP contribution in [0.4, 0.5) is 0 Å². The van der Waals surface area contributed by atoms with Gasteiger partial charge in [-0.2, -0.15) is 0 Å². The molecule has 0 saturated carbocycles. The Hall–Kier alpha value is -4.56. The van der Waals surface area contributed by atoms with Crippen molar-refractivity contribution in [2.24, 2.45) is 11.8 Å². The second kappa shape index (κ2) is 8.49. The summed E-state index contributed by atoms with van der Waals surface area (Å²) in [6, 6.07) is 32.9. The van der Waals surface area contributed by atoms with Crippen molar-refractivity contribution in [2.75, 3.05) is 0 Å². The third-order valence-electron chi connectivity index (χ3n) is 8.34. The summed E-state index contributed by atoms with van der Waals surface area (Å²) in [4.78, 5) is 0. The molecule has 0 spiro atoms. The molecule has 0 amide bonds. The van der Waals surface area contributed by atoms with Crippen molar-refractivity contribution in [1.29, 1.82) is 0 Å². The van der Waals surface area contributed by atoms with E-state index in [1.54, 1.807) is 0 Å². The molecule has 0 bridgehead atoms. The monoisotopic (exact) mass is 489 g/mol. The van der Waals surface area contributed by atoms with Crippen LogP contribution in [0.3, 0.4) is 0 Å². The summed E-state index contributed by atoms with van der Waals surface area (Å²) in [5, 5.41) is 3.81. The first kappa shape index (κ1) is 21.5. The maximum Gasteiger partial charge on any atom is 0.135 e. The highest BCUT2D eigenvalue weighted by atomic mass is 16.3. The Morgan fingerprint density at radius 2 is 1.45 bits per heavy atom. The molecule has 182 valence electrons. The zero-order valence-electron chi connectivity index (χ0n) is 21.0. The Bertz CT molecular complexity index is 1890. The summed E-state index contributed by atoms with van der Waals surface area (Å²) in [6.07, 6.45) is 15.6. The lowest BCUT2D eigenvalue weighted by Gasteiger charge is -2.24. The average molecular weight is 490 g/mol. The summed E-state index contributed by atoms with van der Waals surface area (Å²) >= 11 is 0. The molecule has 0 saturated heterocycles. The van der Waals surface area contributed by atoms with E-state index in [4.69, 9.17) is 4.42 Å². The van der Waals surface area contributed by atoms with Crippen molar-refractivity contribution in [3.8, 4) is 16.8 Å². The van der Waals surface area contributed by atoms with Crippen molar-refractivity contribution >= 4 is 38.9 Å². The summed E-state index contributed by atoms with van der Waals surface area (Å²) in [6.45, 7) is 0. The van der Waals surface area contributed by atoms with E-state index in [-0.39, 0.29) is 0 Å². The quantitative estimate of drug-likeness (QED) is 0.242. The third kappa shape index (κ3) is 3.34. The number of furan rings is 1. The zero-order valence-corrected chi connectivity index (χ0v) is 21.0. The smallest absolute Gasteiger partial charge is 0.135 e. The Labute approximate surface area is 221 Å². The van der Waals surface area contributed by atoms with Crippen LogP contribution in [-0.2, 0) is 6.42 Å². The van der Waals surface area contributed by atoms with Crippen LogP contribution >= 0.6 is 0 Å². The van der Waals surface area contributed by atoms with Gasteiger partial charge in [-0.05, 0) is 78.3 Å². The van der Waals surface area contributed by atoms with Crippen LogP contribution in [-0.4, -0.2) is 4.57 Å². The Morgan fingerprint density at radius 1 is 0.658 bits per heavy atom. The van der Waals surface area contributed by atoms with Crippen LogP contribution in [0.2, 0.25) is 0 Å². The number of allylic oxidation sites excluding steroid dienone is 5. The van der Waals surface area contributed by atoms with E-state index in [0.717, 1.165) is 24.2 Å².